The number of halogens is 2. The molecule has 1 fully saturated rings. The van der Waals surface area contributed by atoms with Gasteiger partial charge in [-0.25, -0.2) is 8.42 Å². The second kappa shape index (κ2) is 9.51. The van der Waals surface area contributed by atoms with E-state index in [-0.39, 0.29) is 35.5 Å². The lowest BCUT2D eigenvalue weighted by Crippen LogP contribution is -2.59. The Bertz CT molecular complexity index is 1220. The van der Waals surface area contributed by atoms with Gasteiger partial charge in [-0.05, 0) is 48.7 Å². The number of carbonyl (C=O) groups is 1. The molecule has 0 unspecified atom stereocenters. The molecule has 1 N–H and O–H groups in total. The highest BCUT2D eigenvalue weighted by Gasteiger charge is 2.56. The van der Waals surface area contributed by atoms with Gasteiger partial charge in [0.15, 0.2) is 9.84 Å². The van der Waals surface area contributed by atoms with Gasteiger partial charge in [-0.3, -0.25) is 9.78 Å². The Labute approximate surface area is 210 Å². The topological polar surface area (TPSA) is 87.6 Å². The second-order valence-electron chi connectivity index (χ2n) is 9.15. The van der Waals surface area contributed by atoms with E-state index in [9.17, 15) is 18.3 Å². The third kappa shape index (κ3) is 4.70. The summed E-state index contributed by atoms with van der Waals surface area (Å²) in [5.74, 6) is -0.352. The summed E-state index contributed by atoms with van der Waals surface area (Å²) in [7, 11) is -3.36. The predicted molar refractivity (Wildman–Crippen MR) is 134 cm³/mol. The molecule has 1 spiro atoms. The van der Waals surface area contributed by atoms with E-state index in [1.807, 2.05) is 25.1 Å². The number of aromatic nitrogens is 1. The molecule has 4 atom stereocenters. The first-order valence-electron chi connectivity index (χ1n) is 11.4. The fraction of sp³-hybridized carbons (Fsp3) is 0.440. The first-order valence-corrected chi connectivity index (χ1v) is 14.0. The number of nitrogens with zero attached hydrogens (tertiary/aromatic N) is 2. The molecule has 1 aliphatic carbocycles. The maximum atomic E-state index is 14.0. The Kier molecular flexibility index (Phi) is 7.00. The van der Waals surface area contributed by atoms with E-state index < -0.39 is 27.3 Å². The summed E-state index contributed by atoms with van der Waals surface area (Å²) in [6.45, 7) is 3.50. The largest absolute Gasteiger partial charge is 0.513 e. The van der Waals surface area contributed by atoms with Gasteiger partial charge in [-0.2, -0.15) is 0 Å². The highest BCUT2D eigenvalue weighted by Crippen LogP contribution is 2.56. The zero-order valence-electron chi connectivity index (χ0n) is 19.1. The molecular weight excluding hydrogens is 495 g/mol. The lowest BCUT2D eigenvalue weighted by Gasteiger charge is -2.53. The predicted octanol–water partition coefficient (Wildman–Crippen LogP) is 5.49. The van der Waals surface area contributed by atoms with Crippen LogP contribution in [-0.4, -0.2) is 46.9 Å². The van der Waals surface area contributed by atoms with Gasteiger partial charge in [0.1, 0.15) is 0 Å². The molecule has 1 saturated heterocycles. The van der Waals surface area contributed by atoms with Crippen molar-refractivity contribution >= 4 is 38.9 Å². The fourth-order valence-electron chi connectivity index (χ4n) is 5.20. The van der Waals surface area contributed by atoms with Gasteiger partial charge in [0, 0.05) is 35.4 Å². The van der Waals surface area contributed by atoms with E-state index in [1.165, 1.54) is 6.20 Å². The van der Waals surface area contributed by atoms with Gasteiger partial charge >= 0.3 is 0 Å². The molecule has 0 bridgehead atoms. The van der Waals surface area contributed by atoms with Gasteiger partial charge in [-0.1, -0.05) is 49.2 Å². The quantitative estimate of drug-likeness (QED) is 0.519. The number of carbonyl (C=O) groups excluding carboxylic acids is 1. The van der Waals surface area contributed by atoms with E-state index >= 15 is 0 Å². The number of aliphatic hydroxyl groups is 1. The van der Waals surface area contributed by atoms with Gasteiger partial charge in [0.2, 0.25) is 5.91 Å². The summed E-state index contributed by atoms with van der Waals surface area (Å²) in [6.07, 6.45) is 4.31. The molecule has 4 rings (SSSR count). The third-order valence-electron chi connectivity index (χ3n) is 6.95. The van der Waals surface area contributed by atoms with Crippen molar-refractivity contribution in [3.8, 4) is 0 Å². The number of hydrogen-bond donors (Lipinski definition) is 1. The Balaban J connectivity index is 1.91. The zero-order valence-corrected chi connectivity index (χ0v) is 21.4. The molecule has 0 saturated carbocycles. The van der Waals surface area contributed by atoms with E-state index in [0.717, 1.165) is 5.56 Å². The van der Waals surface area contributed by atoms with Crippen LogP contribution in [0.4, 0.5) is 0 Å². The van der Waals surface area contributed by atoms with Crippen LogP contribution in [-0.2, 0) is 14.6 Å². The SMILES string of the molecule is CC[C@@H](CS(=O)(=O)CC)N1C(=O)[C@]2(C=C(O)C2)C[C@H](c2cccc(Cl)c2)[C@H]1c1ccc(Cl)cn1. The highest BCUT2D eigenvalue weighted by molar-refractivity contribution is 7.91. The van der Waals surface area contributed by atoms with Gasteiger partial charge < -0.3 is 10.0 Å². The van der Waals surface area contributed by atoms with Crippen LogP contribution in [0.5, 0.6) is 0 Å². The van der Waals surface area contributed by atoms with E-state index in [1.54, 1.807) is 36.1 Å². The fourth-order valence-corrected chi connectivity index (χ4v) is 6.73. The van der Waals surface area contributed by atoms with Crippen molar-refractivity contribution in [1.29, 1.82) is 0 Å². The van der Waals surface area contributed by atoms with Crippen LogP contribution >= 0.6 is 23.2 Å². The summed E-state index contributed by atoms with van der Waals surface area (Å²) in [6, 6.07) is 9.96. The van der Waals surface area contributed by atoms with Crippen molar-refractivity contribution in [2.45, 2.75) is 51.1 Å². The number of pyridine rings is 1. The molecule has 1 aromatic heterocycles. The third-order valence-corrected chi connectivity index (χ3v) is 9.18. The number of benzene rings is 1. The van der Waals surface area contributed by atoms with Crippen molar-refractivity contribution in [1.82, 2.24) is 9.88 Å². The first-order chi connectivity index (χ1) is 16.1. The Morgan fingerprint density at radius 2 is 1.94 bits per heavy atom. The molecule has 2 heterocycles. The van der Waals surface area contributed by atoms with Gasteiger partial charge in [-0.15, -0.1) is 0 Å². The lowest BCUT2D eigenvalue weighted by atomic mass is 9.62. The van der Waals surface area contributed by atoms with Crippen molar-refractivity contribution in [2.75, 3.05) is 11.5 Å². The molecular formula is C25H28Cl2N2O4S. The lowest BCUT2D eigenvalue weighted by molar-refractivity contribution is -0.154. The number of allylic oxidation sites excluding steroid dienone is 1. The maximum absolute atomic E-state index is 14.0. The van der Waals surface area contributed by atoms with E-state index in [4.69, 9.17) is 23.2 Å². The Morgan fingerprint density at radius 1 is 1.21 bits per heavy atom. The average Bonchev–Trinajstić information content (AvgIpc) is 2.78. The molecule has 1 amide bonds. The first kappa shape index (κ1) is 25.0. The summed E-state index contributed by atoms with van der Waals surface area (Å²) in [5.41, 5.74) is 0.681. The molecule has 9 heteroatoms. The molecule has 2 aliphatic rings. The molecule has 2 aromatic rings. The van der Waals surface area contributed by atoms with Crippen molar-refractivity contribution in [3.63, 3.8) is 0 Å². The molecule has 34 heavy (non-hydrogen) atoms. The van der Waals surface area contributed by atoms with Crippen LogP contribution in [0.3, 0.4) is 0 Å². The maximum Gasteiger partial charge on any atom is 0.234 e. The van der Waals surface area contributed by atoms with Gasteiger partial charge in [0.25, 0.3) is 0 Å². The van der Waals surface area contributed by atoms with Crippen molar-refractivity contribution in [3.05, 3.63) is 75.7 Å². The van der Waals surface area contributed by atoms with Crippen LogP contribution < -0.4 is 0 Å². The minimum atomic E-state index is -3.36. The number of aliphatic hydroxyl groups excluding tert-OH is 1. The minimum Gasteiger partial charge on any atom is -0.513 e. The molecule has 1 aromatic carbocycles. The van der Waals surface area contributed by atoms with Crippen molar-refractivity contribution < 1.29 is 18.3 Å². The smallest absolute Gasteiger partial charge is 0.234 e. The number of rotatable bonds is 7. The minimum absolute atomic E-state index is 0.00104. The summed E-state index contributed by atoms with van der Waals surface area (Å²) >= 11 is 12.4. The average molecular weight is 523 g/mol. The van der Waals surface area contributed by atoms with Gasteiger partial charge in [0.05, 0.1) is 33.7 Å². The second-order valence-corrected chi connectivity index (χ2v) is 12.4. The van der Waals surface area contributed by atoms with Crippen LogP contribution in [0.25, 0.3) is 0 Å². The molecule has 182 valence electrons. The number of hydrogen-bond acceptors (Lipinski definition) is 5. The van der Waals surface area contributed by atoms with Crippen LogP contribution in [0.15, 0.2) is 54.4 Å². The number of amides is 1. The van der Waals surface area contributed by atoms with Crippen molar-refractivity contribution in [2.24, 2.45) is 5.41 Å². The molecule has 0 radical (unpaired) electrons. The molecule has 1 aliphatic heterocycles. The standard InChI is InChI=1S/C25H28Cl2N2O4S/c1-3-19(15-34(32,33)4-2)29-23(22-9-8-18(27)14-28-22)21(16-6-5-7-17(26)10-16)13-25(24(29)31)11-20(30)12-25/h5-11,14,19,21,23,30H,3-4,12-13,15H2,1-2H3/t19-,21+,23-,25-/m0/s1. The normalized spacial score (nSPS) is 25.7. The molecule has 6 nitrogen and oxygen atoms in total. The summed E-state index contributed by atoms with van der Waals surface area (Å²) < 4.78 is 25.3. The Morgan fingerprint density at radius 3 is 2.50 bits per heavy atom. The van der Waals surface area contributed by atoms with Crippen LogP contribution in [0.2, 0.25) is 10.0 Å². The number of sulfone groups is 1. The van der Waals surface area contributed by atoms with Crippen LogP contribution in [0, 0.1) is 5.41 Å². The highest BCUT2D eigenvalue weighted by atomic mass is 35.5. The van der Waals surface area contributed by atoms with Crippen LogP contribution in [0.1, 0.15) is 56.3 Å². The monoisotopic (exact) mass is 522 g/mol. The Hall–Kier alpha value is -2.09. The van der Waals surface area contributed by atoms with E-state index in [0.29, 0.717) is 28.6 Å². The summed E-state index contributed by atoms with van der Waals surface area (Å²) in [5, 5.41) is 11.1. The van der Waals surface area contributed by atoms with E-state index in [2.05, 4.69) is 4.98 Å². The zero-order chi connectivity index (χ0) is 24.7. The number of likely N-dealkylation sites (tertiary alicyclic amines) is 1. The number of piperidine rings is 1. The summed E-state index contributed by atoms with van der Waals surface area (Å²) in [4.78, 5) is 20.3.